The van der Waals surface area contributed by atoms with Gasteiger partial charge in [0.2, 0.25) is 10.0 Å². The van der Waals surface area contributed by atoms with E-state index in [9.17, 15) is 8.42 Å². The molecule has 2 aromatic heterocycles. The van der Waals surface area contributed by atoms with Gasteiger partial charge in [-0.2, -0.15) is 0 Å². The van der Waals surface area contributed by atoms with Crippen molar-refractivity contribution in [2.75, 3.05) is 7.11 Å². The van der Waals surface area contributed by atoms with Crippen LogP contribution in [0.25, 0.3) is 11.5 Å². The molecule has 0 saturated heterocycles. The normalized spacial score (nSPS) is 11.4. The van der Waals surface area contributed by atoms with Gasteiger partial charge in [0.05, 0.1) is 18.3 Å². The zero-order valence-electron chi connectivity index (χ0n) is 13.9. The Morgan fingerprint density at radius 3 is 2.68 bits per heavy atom. The minimum atomic E-state index is -3.65. The maximum atomic E-state index is 12.5. The van der Waals surface area contributed by atoms with E-state index < -0.39 is 10.0 Å². The van der Waals surface area contributed by atoms with Gasteiger partial charge in [0, 0.05) is 18.8 Å². The monoisotopic (exact) mass is 358 g/mol. The summed E-state index contributed by atoms with van der Waals surface area (Å²) in [5, 5.41) is 0. The Morgan fingerprint density at radius 2 is 2.04 bits per heavy atom. The fraction of sp³-hybridized carbons (Fsp3) is 0.167. The number of pyridine rings is 1. The van der Waals surface area contributed by atoms with Crippen LogP contribution in [0.3, 0.4) is 0 Å². The van der Waals surface area contributed by atoms with Crippen molar-refractivity contribution in [2.45, 2.75) is 18.4 Å². The van der Waals surface area contributed by atoms with Crippen LogP contribution in [0.1, 0.15) is 11.1 Å². The maximum Gasteiger partial charge on any atom is 0.241 e. The molecule has 0 aliphatic carbocycles. The molecule has 0 bridgehead atoms. The average molecular weight is 358 g/mol. The number of aromatic nitrogens is 1. The van der Waals surface area contributed by atoms with Crippen LogP contribution < -0.4 is 9.46 Å². The Balaban J connectivity index is 1.74. The standard InChI is InChI=1S/C18H18N2O4S/c1-13-5-7-15(23-2)10-18(13)25(21,22)20-12-14-6-8-16(19-11-14)17-4-3-9-24-17/h3-11,20H,12H2,1-2H3. The zero-order chi connectivity index (χ0) is 17.9. The van der Waals surface area contributed by atoms with Crippen molar-refractivity contribution >= 4 is 10.0 Å². The Labute approximate surface area is 146 Å². The first-order valence-corrected chi connectivity index (χ1v) is 9.11. The zero-order valence-corrected chi connectivity index (χ0v) is 14.7. The second-order valence-electron chi connectivity index (χ2n) is 5.48. The number of benzene rings is 1. The fourth-order valence-electron chi connectivity index (χ4n) is 2.35. The molecule has 2 heterocycles. The van der Waals surface area contributed by atoms with Gasteiger partial charge in [0.25, 0.3) is 0 Å². The number of sulfonamides is 1. The largest absolute Gasteiger partial charge is 0.497 e. The van der Waals surface area contributed by atoms with Crippen LogP contribution in [0.5, 0.6) is 5.75 Å². The predicted octanol–water partition coefficient (Wildman–Crippen LogP) is 3.14. The van der Waals surface area contributed by atoms with Gasteiger partial charge in [-0.25, -0.2) is 13.1 Å². The van der Waals surface area contributed by atoms with Crippen molar-refractivity contribution in [1.82, 2.24) is 9.71 Å². The summed E-state index contributed by atoms with van der Waals surface area (Å²) >= 11 is 0. The van der Waals surface area contributed by atoms with Gasteiger partial charge in [-0.05, 0) is 42.3 Å². The molecule has 0 aliphatic heterocycles. The molecule has 3 aromatic rings. The maximum absolute atomic E-state index is 12.5. The van der Waals surface area contributed by atoms with E-state index in [2.05, 4.69) is 9.71 Å². The van der Waals surface area contributed by atoms with E-state index in [1.165, 1.54) is 13.2 Å². The Bertz CT molecular complexity index is 949. The van der Waals surface area contributed by atoms with E-state index in [1.807, 2.05) is 12.1 Å². The minimum Gasteiger partial charge on any atom is -0.497 e. The van der Waals surface area contributed by atoms with E-state index in [0.717, 1.165) is 5.56 Å². The third-order valence-corrected chi connectivity index (χ3v) is 5.29. The van der Waals surface area contributed by atoms with E-state index in [4.69, 9.17) is 9.15 Å². The van der Waals surface area contributed by atoms with Crippen LogP contribution in [0, 0.1) is 6.92 Å². The van der Waals surface area contributed by atoms with E-state index in [-0.39, 0.29) is 11.4 Å². The highest BCUT2D eigenvalue weighted by Crippen LogP contribution is 2.22. The molecule has 0 unspecified atom stereocenters. The van der Waals surface area contributed by atoms with E-state index in [0.29, 0.717) is 22.8 Å². The van der Waals surface area contributed by atoms with Crippen LogP contribution in [-0.2, 0) is 16.6 Å². The summed E-state index contributed by atoms with van der Waals surface area (Å²) in [6.07, 6.45) is 3.20. The lowest BCUT2D eigenvalue weighted by atomic mass is 10.2. The molecule has 0 radical (unpaired) electrons. The molecule has 3 rings (SSSR count). The smallest absolute Gasteiger partial charge is 0.241 e. The quantitative estimate of drug-likeness (QED) is 0.732. The SMILES string of the molecule is COc1ccc(C)c(S(=O)(=O)NCc2ccc(-c3ccco3)nc2)c1. The number of hydrogen-bond acceptors (Lipinski definition) is 5. The molecule has 25 heavy (non-hydrogen) atoms. The van der Waals surface area contributed by atoms with Crippen molar-refractivity contribution in [2.24, 2.45) is 0 Å². The van der Waals surface area contributed by atoms with Crippen LogP contribution in [-0.4, -0.2) is 20.5 Å². The Kier molecular flexibility index (Phi) is 4.87. The summed E-state index contributed by atoms with van der Waals surface area (Å²) < 4.78 is 38.1. The topological polar surface area (TPSA) is 81.4 Å². The predicted molar refractivity (Wildman–Crippen MR) is 93.7 cm³/mol. The lowest BCUT2D eigenvalue weighted by Gasteiger charge is -2.11. The number of methoxy groups -OCH3 is 1. The lowest BCUT2D eigenvalue weighted by Crippen LogP contribution is -2.24. The Hall–Kier alpha value is -2.64. The van der Waals surface area contributed by atoms with Gasteiger partial charge in [0.15, 0.2) is 5.76 Å². The molecule has 1 N–H and O–H groups in total. The first kappa shape index (κ1) is 17.2. The van der Waals surface area contributed by atoms with Crippen molar-refractivity contribution in [1.29, 1.82) is 0 Å². The van der Waals surface area contributed by atoms with Gasteiger partial charge < -0.3 is 9.15 Å². The summed E-state index contributed by atoms with van der Waals surface area (Å²) in [6.45, 7) is 1.89. The first-order valence-electron chi connectivity index (χ1n) is 7.63. The van der Waals surface area contributed by atoms with E-state index in [1.54, 1.807) is 43.6 Å². The van der Waals surface area contributed by atoms with Crippen LogP contribution in [0.4, 0.5) is 0 Å². The number of hydrogen-bond donors (Lipinski definition) is 1. The molecule has 7 heteroatoms. The van der Waals surface area contributed by atoms with Gasteiger partial charge in [-0.15, -0.1) is 0 Å². The second-order valence-corrected chi connectivity index (χ2v) is 7.22. The van der Waals surface area contributed by atoms with Crippen LogP contribution in [0.15, 0.2) is 64.2 Å². The first-order chi connectivity index (χ1) is 12.0. The third kappa shape index (κ3) is 3.89. The Morgan fingerprint density at radius 1 is 1.20 bits per heavy atom. The molecular formula is C18H18N2O4S. The summed E-state index contributed by atoms with van der Waals surface area (Å²) in [4.78, 5) is 4.49. The van der Waals surface area contributed by atoms with Gasteiger partial charge >= 0.3 is 0 Å². The molecule has 0 fully saturated rings. The minimum absolute atomic E-state index is 0.143. The molecule has 0 saturated carbocycles. The highest BCUT2D eigenvalue weighted by molar-refractivity contribution is 7.89. The number of nitrogens with one attached hydrogen (secondary N) is 1. The fourth-order valence-corrected chi connectivity index (χ4v) is 3.63. The van der Waals surface area contributed by atoms with Crippen LogP contribution >= 0.6 is 0 Å². The summed E-state index contributed by atoms with van der Waals surface area (Å²) in [5.74, 6) is 1.16. The molecule has 0 amide bonds. The van der Waals surface area contributed by atoms with Crippen molar-refractivity contribution in [3.63, 3.8) is 0 Å². The molecule has 130 valence electrons. The summed E-state index contributed by atoms with van der Waals surface area (Å²) in [6, 6.07) is 12.2. The van der Waals surface area contributed by atoms with Crippen LogP contribution in [0.2, 0.25) is 0 Å². The number of nitrogens with zero attached hydrogens (tertiary/aromatic N) is 1. The number of furan rings is 1. The van der Waals surface area contributed by atoms with Gasteiger partial charge in [-0.1, -0.05) is 12.1 Å². The number of rotatable bonds is 6. The summed E-state index contributed by atoms with van der Waals surface area (Å²) in [5.41, 5.74) is 2.10. The lowest BCUT2D eigenvalue weighted by molar-refractivity contribution is 0.413. The van der Waals surface area contributed by atoms with Gasteiger partial charge in [0.1, 0.15) is 11.4 Å². The second kappa shape index (κ2) is 7.08. The molecule has 0 aliphatic rings. The number of ether oxygens (including phenoxy) is 1. The number of aryl methyl sites for hydroxylation is 1. The third-order valence-electron chi connectivity index (χ3n) is 3.75. The van der Waals surface area contributed by atoms with Crippen molar-refractivity contribution in [3.8, 4) is 17.2 Å². The van der Waals surface area contributed by atoms with E-state index >= 15 is 0 Å². The molecule has 6 nitrogen and oxygen atoms in total. The molecular weight excluding hydrogens is 340 g/mol. The highest BCUT2D eigenvalue weighted by atomic mass is 32.2. The summed E-state index contributed by atoms with van der Waals surface area (Å²) in [7, 11) is -2.15. The molecule has 1 aromatic carbocycles. The average Bonchev–Trinajstić information content (AvgIpc) is 3.15. The van der Waals surface area contributed by atoms with Crippen molar-refractivity contribution in [3.05, 3.63) is 66.1 Å². The molecule has 0 spiro atoms. The van der Waals surface area contributed by atoms with Crippen molar-refractivity contribution < 1.29 is 17.6 Å². The molecule has 0 atom stereocenters. The highest BCUT2D eigenvalue weighted by Gasteiger charge is 2.17. The van der Waals surface area contributed by atoms with Gasteiger partial charge in [-0.3, -0.25) is 4.98 Å².